The summed E-state index contributed by atoms with van der Waals surface area (Å²) in [5.41, 5.74) is 2.39. The smallest absolute Gasteiger partial charge is 0.244 e. The molecule has 1 N–H and O–H groups in total. The molecule has 1 aromatic rings. The lowest BCUT2D eigenvalue weighted by atomic mass is 9.90. The predicted octanol–water partition coefficient (Wildman–Crippen LogP) is 3.33. The third-order valence-electron chi connectivity index (χ3n) is 5.47. The van der Waals surface area contributed by atoms with E-state index in [1.165, 1.54) is 30.4 Å². The van der Waals surface area contributed by atoms with Gasteiger partial charge in [0.05, 0.1) is 0 Å². The minimum Gasteiger partial charge on any atom is -0.318 e. The Bertz CT molecular complexity index is 555. The quantitative estimate of drug-likeness (QED) is 0.923. The van der Waals surface area contributed by atoms with Crippen LogP contribution in [0.25, 0.3) is 0 Å². The molecule has 1 heterocycles. The molecule has 21 heavy (non-hydrogen) atoms. The van der Waals surface area contributed by atoms with Crippen LogP contribution in [0.1, 0.15) is 69.2 Å². The summed E-state index contributed by atoms with van der Waals surface area (Å²) < 4.78 is 0. The molecule has 3 aliphatic rings. The van der Waals surface area contributed by atoms with Crippen LogP contribution in [0.5, 0.6) is 0 Å². The number of hydrogen-bond acceptors (Lipinski definition) is 2. The monoisotopic (exact) mass is 284 g/mol. The van der Waals surface area contributed by atoms with Crippen molar-refractivity contribution in [3.05, 3.63) is 35.4 Å². The molecule has 1 aromatic carbocycles. The second-order valence-corrected chi connectivity index (χ2v) is 7.25. The van der Waals surface area contributed by atoms with Gasteiger partial charge in [0.1, 0.15) is 11.7 Å². The van der Waals surface area contributed by atoms with Crippen molar-refractivity contribution in [1.29, 1.82) is 0 Å². The summed E-state index contributed by atoms with van der Waals surface area (Å²) in [5.74, 6) is 0.903. The fourth-order valence-electron chi connectivity index (χ4n) is 3.59. The molecule has 112 valence electrons. The first-order valence-electron chi connectivity index (χ1n) is 8.31. The number of rotatable bonds is 3. The first-order chi connectivity index (χ1) is 10.1. The van der Waals surface area contributed by atoms with Crippen molar-refractivity contribution in [2.24, 2.45) is 0 Å². The van der Waals surface area contributed by atoms with Crippen LogP contribution in [-0.2, 0) is 4.79 Å². The number of carbonyl (C=O) groups excluding carboxylic acids is 1. The lowest BCUT2D eigenvalue weighted by Crippen LogP contribution is -2.44. The maximum Gasteiger partial charge on any atom is 0.244 e. The molecule has 1 amide bonds. The van der Waals surface area contributed by atoms with Gasteiger partial charge in [0, 0.05) is 6.04 Å². The van der Waals surface area contributed by atoms with Gasteiger partial charge in [0.15, 0.2) is 0 Å². The standard InChI is InChI=1S/C18H24N2O/c1-12(2)13-6-8-14(9-7-13)16-19-18(10-11-18)17(21)20(16)15-4-3-5-15/h6-9,12,15-16,19H,3-5,10-11H2,1-2H3. The Kier molecular flexibility index (Phi) is 2.90. The highest BCUT2D eigenvalue weighted by molar-refractivity contribution is 5.92. The average molecular weight is 284 g/mol. The molecule has 2 aliphatic carbocycles. The first kappa shape index (κ1) is 13.3. The fraction of sp³-hybridized carbons (Fsp3) is 0.611. The molecule has 1 saturated heterocycles. The van der Waals surface area contributed by atoms with Crippen LogP contribution in [0.15, 0.2) is 24.3 Å². The zero-order valence-electron chi connectivity index (χ0n) is 12.9. The molecule has 0 aromatic heterocycles. The number of carbonyl (C=O) groups is 1. The average Bonchev–Trinajstić information content (AvgIpc) is 3.15. The van der Waals surface area contributed by atoms with Crippen molar-refractivity contribution in [2.75, 3.05) is 0 Å². The Balaban J connectivity index is 1.64. The maximum absolute atomic E-state index is 12.7. The largest absolute Gasteiger partial charge is 0.318 e. The van der Waals surface area contributed by atoms with E-state index in [-0.39, 0.29) is 11.7 Å². The van der Waals surface area contributed by atoms with Gasteiger partial charge in [-0.25, -0.2) is 0 Å². The van der Waals surface area contributed by atoms with Gasteiger partial charge in [0.2, 0.25) is 5.91 Å². The Morgan fingerprint density at radius 2 is 1.86 bits per heavy atom. The Labute approximate surface area is 126 Å². The lowest BCUT2D eigenvalue weighted by Gasteiger charge is -2.38. The van der Waals surface area contributed by atoms with Crippen LogP contribution >= 0.6 is 0 Å². The molecule has 1 unspecified atom stereocenters. The molecule has 1 atom stereocenters. The number of nitrogens with zero attached hydrogens (tertiary/aromatic N) is 1. The second-order valence-electron chi connectivity index (χ2n) is 7.25. The van der Waals surface area contributed by atoms with E-state index in [2.05, 4.69) is 48.3 Å². The van der Waals surface area contributed by atoms with Gasteiger partial charge in [-0.2, -0.15) is 0 Å². The van der Waals surface area contributed by atoms with Crippen molar-refractivity contribution in [1.82, 2.24) is 10.2 Å². The van der Waals surface area contributed by atoms with E-state index in [0.29, 0.717) is 17.9 Å². The van der Waals surface area contributed by atoms with E-state index >= 15 is 0 Å². The molecule has 4 rings (SSSR count). The highest BCUT2D eigenvalue weighted by atomic mass is 16.2. The predicted molar refractivity (Wildman–Crippen MR) is 82.9 cm³/mol. The molecule has 1 spiro atoms. The van der Waals surface area contributed by atoms with E-state index in [1.807, 2.05) is 0 Å². The van der Waals surface area contributed by atoms with Crippen molar-refractivity contribution >= 4 is 5.91 Å². The Morgan fingerprint density at radius 3 is 2.33 bits per heavy atom. The lowest BCUT2D eigenvalue weighted by molar-refractivity contribution is -0.134. The van der Waals surface area contributed by atoms with Gasteiger partial charge in [-0.3, -0.25) is 10.1 Å². The van der Waals surface area contributed by atoms with Crippen LogP contribution in [0.2, 0.25) is 0 Å². The second kappa shape index (κ2) is 4.57. The molecular formula is C18H24N2O. The van der Waals surface area contributed by atoms with Gasteiger partial charge in [-0.1, -0.05) is 38.1 Å². The molecule has 0 bridgehead atoms. The normalized spacial score (nSPS) is 27.5. The summed E-state index contributed by atoms with van der Waals surface area (Å²) in [4.78, 5) is 14.9. The van der Waals surface area contributed by atoms with E-state index in [0.717, 1.165) is 12.8 Å². The maximum atomic E-state index is 12.7. The SMILES string of the molecule is CC(C)c1ccc(C2NC3(CC3)C(=O)N2C2CCC2)cc1. The van der Waals surface area contributed by atoms with Crippen LogP contribution in [0.3, 0.4) is 0 Å². The van der Waals surface area contributed by atoms with Crippen molar-refractivity contribution < 1.29 is 4.79 Å². The summed E-state index contributed by atoms with van der Waals surface area (Å²) in [6.45, 7) is 4.43. The summed E-state index contributed by atoms with van der Waals surface area (Å²) in [7, 11) is 0. The summed E-state index contributed by atoms with van der Waals surface area (Å²) in [6, 6.07) is 9.28. The zero-order chi connectivity index (χ0) is 14.6. The molecule has 3 fully saturated rings. The Morgan fingerprint density at radius 1 is 1.19 bits per heavy atom. The zero-order valence-corrected chi connectivity index (χ0v) is 12.9. The third kappa shape index (κ3) is 2.02. The first-order valence-corrected chi connectivity index (χ1v) is 8.31. The van der Waals surface area contributed by atoms with E-state index in [1.54, 1.807) is 0 Å². The summed E-state index contributed by atoms with van der Waals surface area (Å²) in [5, 5.41) is 3.63. The van der Waals surface area contributed by atoms with Crippen molar-refractivity contribution in [2.45, 2.75) is 69.6 Å². The number of amides is 1. The van der Waals surface area contributed by atoms with Crippen LogP contribution in [-0.4, -0.2) is 22.4 Å². The number of benzene rings is 1. The van der Waals surface area contributed by atoms with Gasteiger partial charge in [-0.15, -0.1) is 0 Å². The molecule has 1 aliphatic heterocycles. The minimum atomic E-state index is -0.211. The highest BCUT2D eigenvalue weighted by Gasteiger charge is 2.60. The summed E-state index contributed by atoms with van der Waals surface area (Å²) in [6.07, 6.45) is 5.71. The van der Waals surface area contributed by atoms with Crippen LogP contribution in [0, 0.1) is 0 Å². The minimum absolute atomic E-state index is 0.0894. The Hall–Kier alpha value is -1.35. The third-order valence-corrected chi connectivity index (χ3v) is 5.47. The van der Waals surface area contributed by atoms with Crippen molar-refractivity contribution in [3.8, 4) is 0 Å². The van der Waals surface area contributed by atoms with E-state index in [9.17, 15) is 4.79 Å². The highest BCUT2D eigenvalue weighted by Crippen LogP contribution is 2.48. The van der Waals surface area contributed by atoms with Gasteiger partial charge in [0.25, 0.3) is 0 Å². The van der Waals surface area contributed by atoms with Crippen LogP contribution in [0.4, 0.5) is 0 Å². The molecular weight excluding hydrogens is 260 g/mol. The molecule has 2 saturated carbocycles. The van der Waals surface area contributed by atoms with Gasteiger partial charge >= 0.3 is 0 Å². The molecule has 3 nitrogen and oxygen atoms in total. The van der Waals surface area contributed by atoms with Gasteiger partial charge < -0.3 is 4.90 Å². The van der Waals surface area contributed by atoms with E-state index in [4.69, 9.17) is 0 Å². The van der Waals surface area contributed by atoms with Gasteiger partial charge in [-0.05, 0) is 49.1 Å². The van der Waals surface area contributed by atoms with Crippen molar-refractivity contribution in [3.63, 3.8) is 0 Å². The molecule has 3 heteroatoms. The fourth-order valence-corrected chi connectivity index (χ4v) is 3.59. The summed E-state index contributed by atoms with van der Waals surface area (Å²) >= 11 is 0. The topological polar surface area (TPSA) is 32.3 Å². The number of nitrogens with one attached hydrogen (secondary N) is 1. The number of hydrogen-bond donors (Lipinski definition) is 1. The van der Waals surface area contributed by atoms with E-state index < -0.39 is 0 Å². The van der Waals surface area contributed by atoms with Crippen LogP contribution < -0.4 is 5.32 Å². The molecule has 0 radical (unpaired) electrons.